The van der Waals surface area contributed by atoms with E-state index in [-0.39, 0.29) is 11.8 Å². The first-order valence-electron chi connectivity index (χ1n) is 8.03. The molecule has 5 heteroatoms. The number of hydrogen-bond donors (Lipinski definition) is 2. The minimum Gasteiger partial charge on any atom is -0.479 e. The first kappa shape index (κ1) is 14.9. The lowest BCUT2D eigenvalue weighted by Crippen LogP contribution is -2.34. The number of anilines is 2. The average molecular weight is 302 g/mol. The van der Waals surface area contributed by atoms with E-state index in [1.165, 1.54) is 25.7 Å². The minimum absolute atomic E-state index is 0.0308. The predicted octanol–water partition coefficient (Wildman–Crippen LogP) is 3.31. The standard InChI is InChI=1S/C17H22N2O3/c1-11-17(21)19-14-10-13(7-8-15(14)22-11)18-16(20)9-6-12-4-2-3-5-12/h7-8,10-12H,2-6,9H2,1H3,(H,18,20)(H,19,21)/t11-/m0/s1. The van der Waals surface area contributed by atoms with Gasteiger partial charge in [0.25, 0.3) is 5.91 Å². The third-order valence-electron chi connectivity index (χ3n) is 4.45. The zero-order valence-corrected chi connectivity index (χ0v) is 12.9. The van der Waals surface area contributed by atoms with Crippen LogP contribution in [0.15, 0.2) is 18.2 Å². The fourth-order valence-electron chi connectivity index (χ4n) is 3.14. The molecule has 1 heterocycles. The Morgan fingerprint density at radius 1 is 1.36 bits per heavy atom. The van der Waals surface area contributed by atoms with Gasteiger partial charge in [-0.15, -0.1) is 0 Å². The van der Waals surface area contributed by atoms with Crippen molar-refractivity contribution in [2.45, 2.75) is 51.6 Å². The van der Waals surface area contributed by atoms with Gasteiger partial charge in [0, 0.05) is 12.1 Å². The quantitative estimate of drug-likeness (QED) is 0.896. The molecule has 1 aromatic carbocycles. The molecule has 2 aliphatic rings. The molecule has 22 heavy (non-hydrogen) atoms. The van der Waals surface area contributed by atoms with E-state index in [0.29, 0.717) is 29.5 Å². The van der Waals surface area contributed by atoms with E-state index in [4.69, 9.17) is 4.74 Å². The number of carbonyl (C=O) groups is 2. The number of amides is 2. The topological polar surface area (TPSA) is 67.4 Å². The van der Waals surface area contributed by atoms with Crippen LogP contribution < -0.4 is 15.4 Å². The van der Waals surface area contributed by atoms with Crippen molar-refractivity contribution in [2.24, 2.45) is 5.92 Å². The van der Waals surface area contributed by atoms with Crippen molar-refractivity contribution in [3.8, 4) is 5.75 Å². The maximum Gasteiger partial charge on any atom is 0.265 e. The molecule has 118 valence electrons. The highest BCUT2D eigenvalue weighted by atomic mass is 16.5. The van der Waals surface area contributed by atoms with Crippen LogP contribution in [0.5, 0.6) is 5.75 Å². The zero-order chi connectivity index (χ0) is 15.5. The molecule has 0 unspecified atom stereocenters. The van der Waals surface area contributed by atoms with Crippen LogP contribution in [0.3, 0.4) is 0 Å². The molecule has 0 bridgehead atoms. The van der Waals surface area contributed by atoms with Gasteiger partial charge in [0.15, 0.2) is 6.10 Å². The van der Waals surface area contributed by atoms with E-state index in [1.54, 1.807) is 25.1 Å². The summed E-state index contributed by atoms with van der Waals surface area (Å²) in [5.74, 6) is 1.21. The highest BCUT2D eigenvalue weighted by Crippen LogP contribution is 2.32. The van der Waals surface area contributed by atoms with Crippen LogP contribution >= 0.6 is 0 Å². The number of fused-ring (bicyclic) bond motifs is 1. The molecule has 1 aliphatic carbocycles. The van der Waals surface area contributed by atoms with Gasteiger partial charge in [-0.2, -0.15) is 0 Å². The molecule has 0 radical (unpaired) electrons. The molecule has 1 saturated carbocycles. The lowest BCUT2D eigenvalue weighted by Gasteiger charge is -2.23. The van der Waals surface area contributed by atoms with Crippen LogP contribution in [0.1, 0.15) is 45.4 Å². The fraction of sp³-hybridized carbons (Fsp3) is 0.529. The number of ether oxygens (including phenoxy) is 1. The van der Waals surface area contributed by atoms with Crippen LogP contribution in [-0.4, -0.2) is 17.9 Å². The van der Waals surface area contributed by atoms with Crippen LogP contribution in [-0.2, 0) is 9.59 Å². The summed E-state index contributed by atoms with van der Waals surface area (Å²) >= 11 is 0. The molecule has 3 rings (SSSR count). The summed E-state index contributed by atoms with van der Waals surface area (Å²) in [7, 11) is 0. The highest BCUT2D eigenvalue weighted by Gasteiger charge is 2.23. The summed E-state index contributed by atoms with van der Waals surface area (Å²) in [4.78, 5) is 23.6. The summed E-state index contributed by atoms with van der Waals surface area (Å²) in [6, 6.07) is 5.32. The first-order valence-corrected chi connectivity index (χ1v) is 8.03. The van der Waals surface area contributed by atoms with Crippen molar-refractivity contribution >= 4 is 23.2 Å². The second-order valence-electron chi connectivity index (χ2n) is 6.20. The Kier molecular flexibility index (Phi) is 4.32. The Hall–Kier alpha value is -2.04. The Bertz CT molecular complexity index is 579. The van der Waals surface area contributed by atoms with Gasteiger partial charge in [-0.3, -0.25) is 9.59 Å². The molecule has 0 aromatic heterocycles. The van der Waals surface area contributed by atoms with Crippen molar-refractivity contribution in [2.75, 3.05) is 10.6 Å². The molecule has 0 spiro atoms. The second-order valence-corrected chi connectivity index (χ2v) is 6.20. The number of rotatable bonds is 4. The molecular formula is C17H22N2O3. The normalized spacial score (nSPS) is 21.0. The van der Waals surface area contributed by atoms with E-state index < -0.39 is 6.10 Å². The van der Waals surface area contributed by atoms with Gasteiger partial charge in [0.2, 0.25) is 5.91 Å². The van der Waals surface area contributed by atoms with Crippen molar-refractivity contribution in [3.05, 3.63) is 18.2 Å². The summed E-state index contributed by atoms with van der Waals surface area (Å²) in [6.07, 6.45) is 6.15. The Morgan fingerprint density at radius 2 is 2.14 bits per heavy atom. The van der Waals surface area contributed by atoms with E-state index in [9.17, 15) is 9.59 Å². The molecule has 1 fully saturated rings. The average Bonchev–Trinajstić information content (AvgIpc) is 3.00. The van der Waals surface area contributed by atoms with Crippen LogP contribution in [0.2, 0.25) is 0 Å². The van der Waals surface area contributed by atoms with Gasteiger partial charge in [0.1, 0.15) is 5.75 Å². The summed E-state index contributed by atoms with van der Waals surface area (Å²) < 4.78 is 5.49. The van der Waals surface area contributed by atoms with Gasteiger partial charge in [-0.1, -0.05) is 25.7 Å². The second kappa shape index (κ2) is 6.38. The Balaban J connectivity index is 1.57. The smallest absolute Gasteiger partial charge is 0.265 e. The Labute approximate surface area is 130 Å². The van der Waals surface area contributed by atoms with Gasteiger partial charge >= 0.3 is 0 Å². The number of nitrogens with one attached hydrogen (secondary N) is 2. The van der Waals surface area contributed by atoms with Crippen molar-refractivity contribution < 1.29 is 14.3 Å². The molecule has 1 aromatic rings. The molecule has 1 aliphatic heterocycles. The van der Waals surface area contributed by atoms with E-state index in [2.05, 4.69) is 10.6 Å². The molecule has 0 saturated heterocycles. The summed E-state index contributed by atoms with van der Waals surface area (Å²) in [6.45, 7) is 1.71. The fourth-order valence-corrected chi connectivity index (χ4v) is 3.14. The van der Waals surface area contributed by atoms with Crippen LogP contribution in [0.4, 0.5) is 11.4 Å². The van der Waals surface area contributed by atoms with Crippen molar-refractivity contribution in [1.29, 1.82) is 0 Å². The van der Waals surface area contributed by atoms with Crippen molar-refractivity contribution in [3.63, 3.8) is 0 Å². The van der Waals surface area contributed by atoms with Crippen molar-refractivity contribution in [1.82, 2.24) is 0 Å². The van der Waals surface area contributed by atoms with Gasteiger partial charge in [0.05, 0.1) is 5.69 Å². The number of benzene rings is 1. The maximum absolute atomic E-state index is 12.0. The summed E-state index contributed by atoms with van der Waals surface area (Å²) in [5, 5.41) is 5.68. The zero-order valence-electron chi connectivity index (χ0n) is 12.9. The Morgan fingerprint density at radius 3 is 2.91 bits per heavy atom. The first-order chi connectivity index (χ1) is 10.6. The van der Waals surface area contributed by atoms with Gasteiger partial charge < -0.3 is 15.4 Å². The lowest BCUT2D eigenvalue weighted by molar-refractivity contribution is -0.122. The SMILES string of the molecule is C[C@@H]1Oc2ccc(NC(=O)CCC3CCCC3)cc2NC1=O. The van der Waals surface area contributed by atoms with Gasteiger partial charge in [-0.05, 0) is 37.5 Å². The number of hydrogen-bond acceptors (Lipinski definition) is 3. The third-order valence-corrected chi connectivity index (χ3v) is 4.45. The van der Waals surface area contributed by atoms with Crippen LogP contribution in [0.25, 0.3) is 0 Å². The lowest BCUT2D eigenvalue weighted by atomic mass is 10.0. The largest absolute Gasteiger partial charge is 0.479 e. The maximum atomic E-state index is 12.0. The van der Waals surface area contributed by atoms with E-state index in [1.807, 2.05) is 0 Å². The highest BCUT2D eigenvalue weighted by molar-refractivity contribution is 5.99. The number of carbonyl (C=O) groups excluding carboxylic acids is 2. The monoisotopic (exact) mass is 302 g/mol. The summed E-state index contributed by atoms with van der Waals surface area (Å²) in [5.41, 5.74) is 1.30. The van der Waals surface area contributed by atoms with Crippen LogP contribution in [0, 0.1) is 5.92 Å². The molecule has 5 nitrogen and oxygen atoms in total. The molecule has 1 atom stereocenters. The van der Waals surface area contributed by atoms with E-state index in [0.717, 1.165) is 6.42 Å². The third kappa shape index (κ3) is 3.40. The predicted molar refractivity (Wildman–Crippen MR) is 85.0 cm³/mol. The molecular weight excluding hydrogens is 280 g/mol. The van der Waals surface area contributed by atoms with Gasteiger partial charge in [-0.25, -0.2) is 0 Å². The molecule has 2 N–H and O–H groups in total. The molecule has 2 amide bonds. The van der Waals surface area contributed by atoms with E-state index >= 15 is 0 Å². The minimum atomic E-state index is -0.487.